The lowest BCUT2D eigenvalue weighted by molar-refractivity contribution is 0.598. The number of pyridine rings is 1. The maximum atomic E-state index is 12.9. The van der Waals surface area contributed by atoms with Crippen LogP contribution in [0, 0.1) is 5.82 Å². The molecule has 11 heavy (non-hydrogen) atoms. The van der Waals surface area contributed by atoms with Crippen LogP contribution in [0.25, 0.3) is 0 Å². The molecule has 1 heterocycles. The molecule has 60 valence electrons. The van der Waals surface area contributed by atoms with Gasteiger partial charge in [-0.15, -0.1) is 0 Å². The van der Waals surface area contributed by atoms with E-state index >= 15 is 0 Å². The van der Waals surface area contributed by atoms with Gasteiger partial charge in [0.25, 0.3) is 0 Å². The van der Waals surface area contributed by atoms with Crippen LogP contribution in [0.5, 0.6) is 0 Å². The van der Waals surface area contributed by atoms with Crippen LogP contribution in [0.2, 0.25) is 5.15 Å². The van der Waals surface area contributed by atoms with Crippen molar-refractivity contribution in [3.63, 3.8) is 0 Å². The predicted octanol–water partition coefficient (Wildman–Crippen LogP) is 1.59. The molecule has 1 aromatic rings. The summed E-state index contributed by atoms with van der Waals surface area (Å²) in [5.74, 6) is -0.320. The largest absolute Gasteiger partial charge is 0.316 e. The molecule has 0 aliphatic rings. The first-order chi connectivity index (χ1) is 5.24. The van der Waals surface area contributed by atoms with E-state index in [-0.39, 0.29) is 11.0 Å². The second kappa shape index (κ2) is 3.64. The monoisotopic (exact) mass is 174 g/mol. The number of nitrogens with one attached hydrogen (secondary N) is 1. The van der Waals surface area contributed by atoms with Crippen LogP contribution < -0.4 is 5.32 Å². The Hall–Kier alpha value is -0.670. The van der Waals surface area contributed by atoms with Gasteiger partial charge in [0.2, 0.25) is 0 Å². The van der Waals surface area contributed by atoms with Gasteiger partial charge in [0.1, 0.15) is 11.0 Å². The molecular formula is C7H8ClFN2. The third-order valence-electron chi connectivity index (χ3n) is 1.26. The molecule has 0 saturated heterocycles. The van der Waals surface area contributed by atoms with Gasteiger partial charge < -0.3 is 5.32 Å². The zero-order chi connectivity index (χ0) is 8.27. The van der Waals surface area contributed by atoms with Crippen LogP contribution in [0.3, 0.4) is 0 Å². The Bertz CT molecular complexity index is 252. The first-order valence-corrected chi connectivity index (χ1v) is 3.56. The molecule has 0 atom stereocenters. The minimum Gasteiger partial charge on any atom is -0.316 e. The number of hydrogen-bond acceptors (Lipinski definition) is 2. The molecule has 0 amide bonds. The summed E-state index contributed by atoms with van der Waals surface area (Å²) in [6, 6.07) is 1.20. The van der Waals surface area contributed by atoms with Gasteiger partial charge in [0, 0.05) is 24.4 Å². The van der Waals surface area contributed by atoms with Crippen molar-refractivity contribution in [2.75, 3.05) is 7.05 Å². The summed E-state index contributed by atoms with van der Waals surface area (Å²) in [5, 5.41) is 3.00. The smallest absolute Gasteiger partial charge is 0.132 e. The highest BCUT2D eigenvalue weighted by atomic mass is 35.5. The molecule has 0 aliphatic carbocycles. The summed E-state index contributed by atoms with van der Waals surface area (Å²) in [4.78, 5) is 3.74. The highest BCUT2D eigenvalue weighted by Gasteiger charge is 2.01. The zero-order valence-corrected chi connectivity index (χ0v) is 6.82. The molecule has 1 rings (SSSR count). The molecule has 0 fully saturated rings. The molecule has 4 heteroatoms. The number of hydrogen-bond donors (Lipinski definition) is 1. The molecule has 0 aliphatic heterocycles. The number of halogens is 2. The minimum absolute atomic E-state index is 0.183. The molecule has 0 unspecified atom stereocenters. The Labute approximate surface area is 69.4 Å². The fourth-order valence-corrected chi connectivity index (χ4v) is 0.901. The summed E-state index contributed by atoms with van der Waals surface area (Å²) in [7, 11) is 1.74. The van der Waals surface area contributed by atoms with Gasteiger partial charge in [0.15, 0.2) is 0 Å². The average molecular weight is 175 g/mol. The molecule has 0 saturated carbocycles. The van der Waals surface area contributed by atoms with E-state index in [1.807, 2.05) is 0 Å². The summed E-state index contributed by atoms with van der Waals surface area (Å²) in [6.07, 6.45) is 1.42. The van der Waals surface area contributed by atoms with Crippen LogP contribution in [0.4, 0.5) is 4.39 Å². The van der Waals surface area contributed by atoms with E-state index in [9.17, 15) is 4.39 Å². The molecule has 1 N–H and O–H groups in total. The fraction of sp³-hybridized carbons (Fsp3) is 0.286. The SMILES string of the molecule is CNCc1cnc(Cl)cc1F. The molecule has 0 bridgehead atoms. The molecule has 0 radical (unpaired) electrons. The lowest BCUT2D eigenvalue weighted by Gasteiger charge is -2.00. The van der Waals surface area contributed by atoms with Gasteiger partial charge in [-0.1, -0.05) is 11.6 Å². The first-order valence-electron chi connectivity index (χ1n) is 3.18. The number of aromatic nitrogens is 1. The van der Waals surface area contributed by atoms with Crippen molar-refractivity contribution in [2.45, 2.75) is 6.54 Å². The Balaban J connectivity index is 2.90. The van der Waals surface area contributed by atoms with E-state index in [2.05, 4.69) is 10.3 Å². The Kier molecular flexibility index (Phi) is 2.79. The normalized spacial score (nSPS) is 10.1. The van der Waals surface area contributed by atoms with Gasteiger partial charge in [-0.05, 0) is 7.05 Å². The highest BCUT2D eigenvalue weighted by Crippen LogP contribution is 2.10. The number of nitrogens with zero attached hydrogens (tertiary/aromatic N) is 1. The lowest BCUT2D eigenvalue weighted by atomic mass is 10.3. The topological polar surface area (TPSA) is 24.9 Å². The molecule has 0 spiro atoms. The summed E-state index contributed by atoms with van der Waals surface area (Å²) in [6.45, 7) is 0.468. The van der Waals surface area contributed by atoms with E-state index < -0.39 is 0 Å². The zero-order valence-electron chi connectivity index (χ0n) is 6.06. The van der Waals surface area contributed by atoms with Gasteiger partial charge in [-0.3, -0.25) is 0 Å². The second-order valence-electron chi connectivity index (χ2n) is 2.13. The third kappa shape index (κ3) is 2.13. The molecule has 1 aromatic heterocycles. The van der Waals surface area contributed by atoms with Crippen molar-refractivity contribution in [1.29, 1.82) is 0 Å². The van der Waals surface area contributed by atoms with Gasteiger partial charge in [-0.25, -0.2) is 9.37 Å². The van der Waals surface area contributed by atoms with Crippen molar-refractivity contribution in [2.24, 2.45) is 0 Å². The second-order valence-corrected chi connectivity index (χ2v) is 2.52. The van der Waals surface area contributed by atoms with Crippen LogP contribution >= 0.6 is 11.6 Å². The quantitative estimate of drug-likeness (QED) is 0.689. The van der Waals surface area contributed by atoms with Crippen LogP contribution in [0.1, 0.15) is 5.56 Å². The summed E-state index contributed by atoms with van der Waals surface area (Å²) < 4.78 is 12.9. The Morgan fingerprint density at radius 3 is 3.00 bits per heavy atom. The van der Waals surface area contributed by atoms with Crippen molar-refractivity contribution in [3.8, 4) is 0 Å². The number of rotatable bonds is 2. The van der Waals surface area contributed by atoms with Crippen molar-refractivity contribution in [1.82, 2.24) is 10.3 Å². The van der Waals surface area contributed by atoms with E-state index in [1.54, 1.807) is 7.05 Å². The van der Waals surface area contributed by atoms with E-state index in [4.69, 9.17) is 11.6 Å². The third-order valence-corrected chi connectivity index (χ3v) is 1.47. The Morgan fingerprint density at radius 1 is 1.73 bits per heavy atom. The maximum Gasteiger partial charge on any atom is 0.132 e. The molecular weight excluding hydrogens is 167 g/mol. The van der Waals surface area contributed by atoms with E-state index in [0.29, 0.717) is 12.1 Å². The first kappa shape index (κ1) is 8.43. The lowest BCUT2D eigenvalue weighted by Crippen LogP contribution is -2.07. The van der Waals surface area contributed by atoms with E-state index in [0.717, 1.165) is 0 Å². The average Bonchev–Trinajstić information content (AvgIpc) is 1.95. The minimum atomic E-state index is -0.320. The van der Waals surface area contributed by atoms with Gasteiger partial charge in [0.05, 0.1) is 0 Å². The van der Waals surface area contributed by atoms with Crippen LogP contribution in [0.15, 0.2) is 12.3 Å². The fourth-order valence-electron chi connectivity index (χ4n) is 0.756. The highest BCUT2D eigenvalue weighted by molar-refractivity contribution is 6.29. The van der Waals surface area contributed by atoms with Gasteiger partial charge in [-0.2, -0.15) is 0 Å². The van der Waals surface area contributed by atoms with Crippen LogP contribution in [-0.4, -0.2) is 12.0 Å². The Morgan fingerprint density at radius 2 is 2.45 bits per heavy atom. The van der Waals surface area contributed by atoms with Crippen LogP contribution in [-0.2, 0) is 6.54 Å². The van der Waals surface area contributed by atoms with Crippen molar-refractivity contribution >= 4 is 11.6 Å². The van der Waals surface area contributed by atoms with Gasteiger partial charge >= 0.3 is 0 Å². The van der Waals surface area contributed by atoms with Crippen molar-refractivity contribution < 1.29 is 4.39 Å². The predicted molar refractivity (Wildman–Crippen MR) is 42.0 cm³/mol. The standard InChI is InChI=1S/C7H8ClFN2/c1-10-3-5-4-11-7(8)2-6(5)9/h2,4,10H,3H2,1H3. The molecule has 2 nitrogen and oxygen atoms in total. The summed E-state index contributed by atoms with van der Waals surface area (Å²) in [5.41, 5.74) is 0.525. The summed E-state index contributed by atoms with van der Waals surface area (Å²) >= 11 is 5.45. The molecule has 0 aromatic carbocycles. The van der Waals surface area contributed by atoms with Crippen molar-refractivity contribution in [3.05, 3.63) is 28.8 Å². The maximum absolute atomic E-state index is 12.9. The van der Waals surface area contributed by atoms with E-state index in [1.165, 1.54) is 12.3 Å².